The molecule has 1 unspecified atom stereocenters. The first-order valence-corrected chi connectivity index (χ1v) is 6.59. The molecule has 0 spiro atoms. The number of rotatable bonds is 4. The van der Waals surface area contributed by atoms with E-state index in [1.807, 2.05) is 16.9 Å². The Bertz CT molecular complexity index is 342. The zero-order chi connectivity index (χ0) is 12.3. The summed E-state index contributed by atoms with van der Waals surface area (Å²) in [5.41, 5.74) is 1.00. The van der Waals surface area contributed by atoms with Crippen LogP contribution in [0.15, 0.2) is 12.3 Å². The lowest BCUT2D eigenvalue weighted by atomic mass is 9.90. The molecule has 1 aromatic heterocycles. The molecular weight excluding hydrogens is 214 g/mol. The SMILES string of the molecule is CC(C)n1ccc(CC(O)C2CCNCC2)n1. The molecule has 0 bridgehead atoms. The predicted molar refractivity (Wildman–Crippen MR) is 67.9 cm³/mol. The highest BCUT2D eigenvalue weighted by Crippen LogP contribution is 2.19. The zero-order valence-electron chi connectivity index (χ0n) is 10.8. The molecule has 0 radical (unpaired) electrons. The van der Waals surface area contributed by atoms with Gasteiger partial charge < -0.3 is 10.4 Å². The van der Waals surface area contributed by atoms with Crippen LogP contribution in [0.4, 0.5) is 0 Å². The number of piperidine rings is 1. The summed E-state index contributed by atoms with van der Waals surface area (Å²) >= 11 is 0. The van der Waals surface area contributed by atoms with Crippen LogP contribution in [0.5, 0.6) is 0 Å². The highest BCUT2D eigenvalue weighted by molar-refractivity contribution is 5.02. The third-order valence-corrected chi connectivity index (χ3v) is 3.54. The van der Waals surface area contributed by atoms with Gasteiger partial charge in [0.2, 0.25) is 0 Å². The Balaban J connectivity index is 1.90. The van der Waals surface area contributed by atoms with E-state index in [0.29, 0.717) is 18.4 Å². The van der Waals surface area contributed by atoms with Crippen molar-refractivity contribution in [3.8, 4) is 0 Å². The number of aromatic nitrogens is 2. The Kier molecular flexibility index (Phi) is 4.18. The Morgan fingerprint density at radius 1 is 1.47 bits per heavy atom. The summed E-state index contributed by atoms with van der Waals surface area (Å²) in [7, 11) is 0. The average molecular weight is 237 g/mol. The van der Waals surface area contributed by atoms with Crippen LogP contribution < -0.4 is 5.32 Å². The van der Waals surface area contributed by atoms with E-state index in [9.17, 15) is 5.11 Å². The minimum atomic E-state index is -0.243. The molecule has 0 saturated carbocycles. The summed E-state index contributed by atoms with van der Waals surface area (Å²) in [6, 6.07) is 2.41. The first-order chi connectivity index (χ1) is 8.16. The number of nitrogens with one attached hydrogen (secondary N) is 1. The first kappa shape index (κ1) is 12.6. The second-order valence-corrected chi connectivity index (χ2v) is 5.24. The first-order valence-electron chi connectivity index (χ1n) is 6.59. The van der Waals surface area contributed by atoms with E-state index >= 15 is 0 Å². The lowest BCUT2D eigenvalue weighted by Crippen LogP contribution is -2.35. The topological polar surface area (TPSA) is 50.1 Å². The summed E-state index contributed by atoms with van der Waals surface area (Å²) in [4.78, 5) is 0. The molecule has 0 aliphatic carbocycles. The van der Waals surface area contributed by atoms with Gasteiger partial charge in [-0.1, -0.05) is 0 Å². The maximum Gasteiger partial charge on any atom is 0.0650 e. The van der Waals surface area contributed by atoms with E-state index in [0.717, 1.165) is 31.6 Å². The van der Waals surface area contributed by atoms with Crippen molar-refractivity contribution in [3.05, 3.63) is 18.0 Å². The molecular formula is C13H23N3O. The number of aliphatic hydroxyl groups is 1. The fourth-order valence-electron chi connectivity index (χ4n) is 2.38. The van der Waals surface area contributed by atoms with Crippen molar-refractivity contribution in [2.24, 2.45) is 5.92 Å². The van der Waals surface area contributed by atoms with Crippen LogP contribution in [-0.2, 0) is 6.42 Å². The molecule has 1 aliphatic heterocycles. The second kappa shape index (κ2) is 5.65. The summed E-state index contributed by atoms with van der Waals surface area (Å²) in [5, 5.41) is 18.0. The van der Waals surface area contributed by atoms with Crippen molar-refractivity contribution in [2.45, 2.75) is 45.3 Å². The Hall–Kier alpha value is -0.870. The van der Waals surface area contributed by atoms with Gasteiger partial charge in [-0.2, -0.15) is 5.10 Å². The monoisotopic (exact) mass is 237 g/mol. The molecule has 1 saturated heterocycles. The minimum absolute atomic E-state index is 0.243. The van der Waals surface area contributed by atoms with Gasteiger partial charge in [-0.25, -0.2) is 0 Å². The Labute approximate surface area is 103 Å². The molecule has 0 amide bonds. The van der Waals surface area contributed by atoms with Gasteiger partial charge in [-0.3, -0.25) is 4.68 Å². The van der Waals surface area contributed by atoms with Gasteiger partial charge in [0.1, 0.15) is 0 Å². The number of nitrogens with zero attached hydrogens (tertiary/aromatic N) is 2. The molecule has 1 aromatic rings. The van der Waals surface area contributed by atoms with E-state index < -0.39 is 0 Å². The highest BCUT2D eigenvalue weighted by Gasteiger charge is 2.22. The van der Waals surface area contributed by atoms with Gasteiger partial charge in [-0.05, 0) is 51.8 Å². The third-order valence-electron chi connectivity index (χ3n) is 3.54. The van der Waals surface area contributed by atoms with E-state index in [4.69, 9.17) is 0 Å². The molecule has 2 N–H and O–H groups in total. The van der Waals surface area contributed by atoms with Gasteiger partial charge >= 0.3 is 0 Å². The van der Waals surface area contributed by atoms with E-state index in [1.54, 1.807) is 0 Å². The molecule has 2 rings (SSSR count). The highest BCUT2D eigenvalue weighted by atomic mass is 16.3. The van der Waals surface area contributed by atoms with Crippen LogP contribution >= 0.6 is 0 Å². The van der Waals surface area contributed by atoms with Crippen molar-refractivity contribution in [1.82, 2.24) is 15.1 Å². The fourth-order valence-corrected chi connectivity index (χ4v) is 2.38. The molecule has 1 aliphatic rings. The zero-order valence-corrected chi connectivity index (χ0v) is 10.8. The fraction of sp³-hybridized carbons (Fsp3) is 0.769. The van der Waals surface area contributed by atoms with E-state index in [1.165, 1.54) is 0 Å². The van der Waals surface area contributed by atoms with Crippen molar-refractivity contribution in [3.63, 3.8) is 0 Å². The van der Waals surface area contributed by atoms with Crippen LogP contribution in [0.3, 0.4) is 0 Å². The van der Waals surface area contributed by atoms with Gasteiger partial charge in [0.15, 0.2) is 0 Å². The van der Waals surface area contributed by atoms with Crippen molar-refractivity contribution in [2.75, 3.05) is 13.1 Å². The van der Waals surface area contributed by atoms with E-state index in [2.05, 4.69) is 24.3 Å². The third kappa shape index (κ3) is 3.30. The Morgan fingerprint density at radius 3 is 2.76 bits per heavy atom. The molecule has 0 aromatic carbocycles. The van der Waals surface area contributed by atoms with Crippen LogP contribution in [0.1, 0.15) is 38.4 Å². The Morgan fingerprint density at radius 2 is 2.18 bits per heavy atom. The quantitative estimate of drug-likeness (QED) is 0.831. The van der Waals surface area contributed by atoms with Crippen LogP contribution in [0.2, 0.25) is 0 Å². The normalized spacial score (nSPS) is 19.8. The van der Waals surface area contributed by atoms with Gasteiger partial charge in [-0.15, -0.1) is 0 Å². The van der Waals surface area contributed by atoms with Crippen molar-refractivity contribution >= 4 is 0 Å². The second-order valence-electron chi connectivity index (χ2n) is 5.24. The smallest absolute Gasteiger partial charge is 0.0650 e. The molecule has 4 nitrogen and oxygen atoms in total. The molecule has 4 heteroatoms. The maximum atomic E-state index is 10.2. The van der Waals surface area contributed by atoms with Gasteiger partial charge in [0.05, 0.1) is 11.8 Å². The lowest BCUT2D eigenvalue weighted by Gasteiger charge is -2.26. The number of hydrogen-bond acceptors (Lipinski definition) is 3. The summed E-state index contributed by atoms with van der Waals surface area (Å²) in [6.45, 7) is 6.28. The number of hydrogen-bond donors (Lipinski definition) is 2. The number of aliphatic hydroxyl groups excluding tert-OH is 1. The molecule has 1 fully saturated rings. The van der Waals surface area contributed by atoms with Crippen LogP contribution in [0, 0.1) is 5.92 Å². The van der Waals surface area contributed by atoms with Gasteiger partial charge in [0, 0.05) is 18.7 Å². The molecule has 96 valence electrons. The summed E-state index contributed by atoms with van der Waals surface area (Å²) < 4.78 is 1.95. The molecule has 1 atom stereocenters. The standard InChI is InChI=1S/C13H23N3O/c1-10(2)16-8-5-12(15-16)9-13(17)11-3-6-14-7-4-11/h5,8,10-11,13-14,17H,3-4,6-7,9H2,1-2H3. The predicted octanol–water partition coefficient (Wildman–Crippen LogP) is 1.37. The largest absolute Gasteiger partial charge is 0.392 e. The molecule has 2 heterocycles. The van der Waals surface area contributed by atoms with Crippen molar-refractivity contribution in [1.29, 1.82) is 0 Å². The lowest BCUT2D eigenvalue weighted by molar-refractivity contribution is 0.0880. The maximum absolute atomic E-state index is 10.2. The summed E-state index contributed by atoms with van der Waals surface area (Å²) in [6.07, 6.45) is 4.59. The van der Waals surface area contributed by atoms with Crippen LogP contribution in [-0.4, -0.2) is 34.1 Å². The van der Waals surface area contributed by atoms with Gasteiger partial charge in [0.25, 0.3) is 0 Å². The average Bonchev–Trinajstić information content (AvgIpc) is 2.79. The van der Waals surface area contributed by atoms with Crippen LogP contribution in [0.25, 0.3) is 0 Å². The molecule has 17 heavy (non-hydrogen) atoms. The minimum Gasteiger partial charge on any atom is -0.392 e. The van der Waals surface area contributed by atoms with E-state index in [-0.39, 0.29) is 6.10 Å². The van der Waals surface area contributed by atoms with Crippen molar-refractivity contribution < 1.29 is 5.11 Å². The summed E-state index contributed by atoms with van der Waals surface area (Å²) in [5.74, 6) is 0.431.